The Bertz CT molecular complexity index is 661. The van der Waals surface area contributed by atoms with Gasteiger partial charge >= 0.3 is 0 Å². The molecule has 0 atom stereocenters. The Balaban J connectivity index is 1.94. The number of halogens is 1. The minimum Gasteiger partial charge on any atom is -0.385 e. The molecule has 1 aromatic heterocycles. The van der Waals surface area contributed by atoms with Gasteiger partial charge in [0.25, 0.3) is 5.91 Å². The Morgan fingerprint density at radius 2 is 2.04 bits per heavy atom. The maximum Gasteiger partial charge on any atom is 0.274 e. The molecule has 1 aromatic carbocycles. The average Bonchev–Trinajstić information content (AvgIpc) is 2.52. The number of amides is 1. The van der Waals surface area contributed by atoms with Crippen LogP contribution in [0.25, 0.3) is 0 Å². The summed E-state index contributed by atoms with van der Waals surface area (Å²) >= 11 is 3.38. The van der Waals surface area contributed by atoms with E-state index >= 15 is 0 Å². The summed E-state index contributed by atoms with van der Waals surface area (Å²) in [6.07, 6.45) is 2.68. The van der Waals surface area contributed by atoms with Crippen molar-refractivity contribution < 1.29 is 4.79 Å². The zero-order chi connectivity index (χ0) is 16.7. The van der Waals surface area contributed by atoms with E-state index < -0.39 is 0 Å². The number of benzene rings is 1. The number of hydrogen-bond acceptors (Lipinski definition) is 4. The second-order valence-electron chi connectivity index (χ2n) is 5.48. The van der Waals surface area contributed by atoms with Crippen LogP contribution in [-0.4, -0.2) is 43.0 Å². The van der Waals surface area contributed by atoms with Gasteiger partial charge in [-0.1, -0.05) is 22.0 Å². The Morgan fingerprint density at radius 3 is 2.78 bits per heavy atom. The molecule has 2 N–H and O–H groups in total. The molecule has 0 aliphatic heterocycles. The van der Waals surface area contributed by atoms with E-state index in [0.717, 1.165) is 35.4 Å². The highest BCUT2D eigenvalue weighted by molar-refractivity contribution is 9.10. The van der Waals surface area contributed by atoms with Crippen LogP contribution >= 0.6 is 15.9 Å². The summed E-state index contributed by atoms with van der Waals surface area (Å²) in [5.41, 5.74) is 2.02. The maximum atomic E-state index is 12.3. The van der Waals surface area contributed by atoms with Gasteiger partial charge in [0.1, 0.15) is 5.69 Å². The summed E-state index contributed by atoms with van der Waals surface area (Å²) < 4.78 is 0.916. The van der Waals surface area contributed by atoms with E-state index in [9.17, 15) is 4.79 Å². The Labute approximate surface area is 145 Å². The number of rotatable bonds is 7. The van der Waals surface area contributed by atoms with Crippen molar-refractivity contribution in [1.82, 2.24) is 9.88 Å². The van der Waals surface area contributed by atoms with Gasteiger partial charge < -0.3 is 15.5 Å². The molecule has 0 radical (unpaired) electrons. The van der Waals surface area contributed by atoms with E-state index in [1.54, 1.807) is 12.3 Å². The van der Waals surface area contributed by atoms with Crippen LogP contribution < -0.4 is 10.6 Å². The molecule has 5 nitrogen and oxygen atoms in total. The van der Waals surface area contributed by atoms with Gasteiger partial charge in [0.2, 0.25) is 0 Å². The van der Waals surface area contributed by atoms with Crippen LogP contribution in [0, 0.1) is 0 Å². The fourth-order valence-electron chi connectivity index (χ4n) is 2.05. The van der Waals surface area contributed by atoms with Gasteiger partial charge in [0, 0.05) is 28.6 Å². The second kappa shape index (κ2) is 8.64. The lowest BCUT2D eigenvalue weighted by Gasteiger charge is -2.11. The van der Waals surface area contributed by atoms with Crippen LogP contribution in [0.5, 0.6) is 0 Å². The molecule has 122 valence electrons. The first-order valence-electron chi connectivity index (χ1n) is 7.46. The van der Waals surface area contributed by atoms with Gasteiger partial charge in [-0.3, -0.25) is 9.78 Å². The molecule has 1 amide bonds. The number of carbonyl (C=O) groups excluding carboxylic acids is 1. The molecular formula is C17H21BrN4O. The number of nitrogens with one attached hydrogen (secondary N) is 2. The van der Waals surface area contributed by atoms with Crippen LogP contribution in [0.2, 0.25) is 0 Å². The van der Waals surface area contributed by atoms with Crippen molar-refractivity contribution in [2.75, 3.05) is 37.8 Å². The Morgan fingerprint density at radius 1 is 1.22 bits per heavy atom. The lowest BCUT2D eigenvalue weighted by Crippen LogP contribution is -2.17. The third-order valence-corrected chi connectivity index (χ3v) is 3.68. The first-order chi connectivity index (χ1) is 11.0. The number of anilines is 2. The standard InChI is InChI=1S/C17H21BrN4O/c1-22(2)10-4-8-19-14-7-9-20-16(12-14)17(23)21-15-6-3-5-13(18)11-15/h3,5-7,9,11-12H,4,8,10H2,1-2H3,(H,19,20)(H,21,23). The quantitative estimate of drug-likeness (QED) is 0.726. The lowest BCUT2D eigenvalue weighted by atomic mass is 10.2. The van der Waals surface area contributed by atoms with Crippen LogP contribution in [-0.2, 0) is 0 Å². The van der Waals surface area contributed by atoms with Gasteiger partial charge in [0.05, 0.1) is 0 Å². The zero-order valence-electron chi connectivity index (χ0n) is 13.3. The number of nitrogens with zero attached hydrogens (tertiary/aromatic N) is 2. The molecule has 6 heteroatoms. The average molecular weight is 377 g/mol. The van der Waals surface area contributed by atoms with Crippen LogP contribution in [0.15, 0.2) is 47.1 Å². The first-order valence-corrected chi connectivity index (χ1v) is 8.25. The molecule has 0 spiro atoms. The molecule has 1 heterocycles. The molecule has 0 saturated carbocycles. The molecule has 0 aliphatic rings. The van der Waals surface area contributed by atoms with Gasteiger partial charge in [0.15, 0.2) is 0 Å². The van der Waals surface area contributed by atoms with Gasteiger partial charge in [-0.15, -0.1) is 0 Å². The maximum absolute atomic E-state index is 12.3. The predicted molar refractivity (Wildman–Crippen MR) is 98.0 cm³/mol. The van der Waals surface area contributed by atoms with Gasteiger partial charge in [-0.2, -0.15) is 0 Å². The normalized spacial score (nSPS) is 10.6. The molecule has 2 aromatic rings. The van der Waals surface area contributed by atoms with Crippen molar-refractivity contribution in [3.8, 4) is 0 Å². The Hall–Kier alpha value is -1.92. The van der Waals surface area contributed by atoms with Crippen LogP contribution in [0.1, 0.15) is 16.9 Å². The summed E-state index contributed by atoms with van der Waals surface area (Å²) in [7, 11) is 4.10. The topological polar surface area (TPSA) is 57.3 Å². The summed E-state index contributed by atoms with van der Waals surface area (Å²) in [6, 6.07) is 11.1. The Kier molecular flexibility index (Phi) is 6.55. The van der Waals surface area contributed by atoms with Crippen molar-refractivity contribution in [1.29, 1.82) is 0 Å². The fourth-order valence-corrected chi connectivity index (χ4v) is 2.45. The lowest BCUT2D eigenvalue weighted by molar-refractivity contribution is 0.102. The van der Waals surface area contributed by atoms with E-state index in [1.807, 2.05) is 30.3 Å². The molecule has 0 saturated heterocycles. The molecule has 0 bridgehead atoms. The molecular weight excluding hydrogens is 356 g/mol. The fraction of sp³-hybridized carbons (Fsp3) is 0.294. The summed E-state index contributed by atoms with van der Waals surface area (Å²) in [4.78, 5) is 18.6. The number of aromatic nitrogens is 1. The van der Waals surface area contributed by atoms with Crippen LogP contribution in [0.4, 0.5) is 11.4 Å². The third-order valence-electron chi connectivity index (χ3n) is 3.19. The number of carbonyl (C=O) groups is 1. The van der Waals surface area contributed by atoms with E-state index in [1.165, 1.54) is 0 Å². The van der Waals surface area contributed by atoms with Crippen molar-refractivity contribution in [2.24, 2.45) is 0 Å². The molecule has 23 heavy (non-hydrogen) atoms. The van der Waals surface area contributed by atoms with E-state index in [4.69, 9.17) is 0 Å². The van der Waals surface area contributed by atoms with Crippen molar-refractivity contribution in [2.45, 2.75) is 6.42 Å². The molecule has 2 rings (SSSR count). The summed E-state index contributed by atoms with van der Waals surface area (Å²) in [6.45, 7) is 1.88. The third kappa shape index (κ3) is 6.00. The summed E-state index contributed by atoms with van der Waals surface area (Å²) in [5, 5.41) is 6.16. The number of hydrogen-bond donors (Lipinski definition) is 2. The number of pyridine rings is 1. The highest BCUT2D eigenvalue weighted by atomic mass is 79.9. The van der Waals surface area contributed by atoms with Crippen molar-refractivity contribution in [3.63, 3.8) is 0 Å². The van der Waals surface area contributed by atoms with Crippen molar-refractivity contribution >= 4 is 33.2 Å². The monoisotopic (exact) mass is 376 g/mol. The first kappa shape index (κ1) is 17.4. The molecule has 0 aliphatic carbocycles. The van der Waals surface area contributed by atoms with E-state index in [0.29, 0.717) is 5.69 Å². The second-order valence-corrected chi connectivity index (χ2v) is 6.39. The molecule has 0 fully saturated rings. The van der Waals surface area contributed by atoms with Gasteiger partial charge in [-0.05, 0) is 57.4 Å². The molecule has 0 unspecified atom stereocenters. The van der Waals surface area contributed by atoms with Crippen LogP contribution in [0.3, 0.4) is 0 Å². The highest BCUT2D eigenvalue weighted by Gasteiger charge is 2.08. The minimum absolute atomic E-state index is 0.222. The smallest absolute Gasteiger partial charge is 0.274 e. The van der Waals surface area contributed by atoms with Crippen molar-refractivity contribution in [3.05, 3.63) is 52.8 Å². The zero-order valence-corrected chi connectivity index (χ0v) is 14.9. The predicted octanol–water partition coefficient (Wildman–Crippen LogP) is 3.46. The summed E-state index contributed by atoms with van der Waals surface area (Å²) in [5.74, 6) is -0.222. The largest absolute Gasteiger partial charge is 0.385 e. The SMILES string of the molecule is CN(C)CCCNc1ccnc(C(=O)Nc2cccc(Br)c2)c1. The minimum atomic E-state index is -0.222. The van der Waals surface area contributed by atoms with Gasteiger partial charge in [-0.25, -0.2) is 0 Å². The van der Waals surface area contributed by atoms with E-state index in [-0.39, 0.29) is 5.91 Å². The highest BCUT2D eigenvalue weighted by Crippen LogP contribution is 2.17. The van der Waals surface area contributed by atoms with E-state index in [2.05, 4.69) is 50.5 Å².